The van der Waals surface area contributed by atoms with Crippen molar-refractivity contribution in [3.05, 3.63) is 71.0 Å². The van der Waals surface area contributed by atoms with Crippen LogP contribution in [0.5, 0.6) is 0 Å². The second-order valence-electron chi connectivity index (χ2n) is 4.92. The van der Waals surface area contributed by atoms with E-state index in [0.29, 0.717) is 5.58 Å². The van der Waals surface area contributed by atoms with Gasteiger partial charge >= 0.3 is 0 Å². The lowest BCUT2D eigenvalue weighted by Gasteiger charge is -2.01. The smallest absolute Gasteiger partial charge is 0.202 e. The summed E-state index contributed by atoms with van der Waals surface area (Å²) in [7, 11) is 0. The van der Waals surface area contributed by atoms with Crippen LogP contribution in [0, 0.1) is 18.6 Å². The minimum Gasteiger partial charge on any atom is -0.453 e. The summed E-state index contributed by atoms with van der Waals surface area (Å²) < 4.78 is 32.3. The fraction of sp³-hybridized carbons (Fsp3) is 0.118. The summed E-state index contributed by atoms with van der Waals surface area (Å²) >= 11 is 0. The lowest BCUT2D eigenvalue weighted by atomic mass is 10.1. The SMILES string of the molecule is Cc1cccc2cc(C(=O)Cc3cccc(F)c3F)oc12. The zero-order valence-corrected chi connectivity index (χ0v) is 11.3. The Morgan fingerprint density at radius 1 is 1.14 bits per heavy atom. The summed E-state index contributed by atoms with van der Waals surface area (Å²) in [6.07, 6.45) is -0.234. The standard InChI is InChI=1S/C17H12F2O2/c1-10-4-2-6-12-9-15(21-17(10)12)14(20)8-11-5-3-7-13(18)16(11)19/h2-7,9H,8H2,1H3. The van der Waals surface area contributed by atoms with E-state index in [4.69, 9.17) is 4.42 Å². The molecule has 0 amide bonds. The highest BCUT2D eigenvalue weighted by atomic mass is 19.2. The number of ketones is 1. The van der Waals surface area contributed by atoms with Gasteiger partial charge in [0, 0.05) is 11.8 Å². The molecule has 0 saturated heterocycles. The number of halogens is 2. The van der Waals surface area contributed by atoms with Gasteiger partial charge in [0.05, 0.1) is 0 Å². The van der Waals surface area contributed by atoms with Crippen LogP contribution in [0.25, 0.3) is 11.0 Å². The van der Waals surface area contributed by atoms with Gasteiger partial charge in [-0.15, -0.1) is 0 Å². The van der Waals surface area contributed by atoms with Crippen LogP contribution < -0.4 is 0 Å². The zero-order valence-electron chi connectivity index (χ0n) is 11.3. The zero-order chi connectivity index (χ0) is 15.0. The Morgan fingerprint density at radius 3 is 2.67 bits per heavy atom. The molecule has 0 atom stereocenters. The molecule has 0 bridgehead atoms. The maximum atomic E-state index is 13.6. The van der Waals surface area contributed by atoms with E-state index < -0.39 is 11.6 Å². The molecular formula is C17H12F2O2. The van der Waals surface area contributed by atoms with E-state index in [-0.39, 0.29) is 23.5 Å². The normalized spacial score (nSPS) is 11.0. The predicted octanol–water partition coefficient (Wildman–Crippen LogP) is 4.44. The number of fused-ring (bicyclic) bond motifs is 1. The fourth-order valence-corrected chi connectivity index (χ4v) is 2.29. The molecule has 2 aromatic carbocycles. The first kappa shape index (κ1) is 13.5. The minimum atomic E-state index is -0.988. The molecule has 0 saturated carbocycles. The molecule has 1 heterocycles. The molecule has 1 aromatic heterocycles. The Morgan fingerprint density at radius 2 is 1.90 bits per heavy atom. The maximum Gasteiger partial charge on any atom is 0.202 e. The van der Waals surface area contributed by atoms with Gasteiger partial charge in [0.15, 0.2) is 17.4 Å². The molecule has 0 unspecified atom stereocenters. The summed E-state index contributed by atoms with van der Waals surface area (Å²) in [6.45, 7) is 1.88. The minimum absolute atomic E-state index is 0.0252. The topological polar surface area (TPSA) is 30.2 Å². The molecule has 106 valence electrons. The predicted molar refractivity (Wildman–Crippen MR) is 75.3 cm³/mol. The van der Waals surface area contributed by atoms with Crippen LogP contribution >= 0.6 is 0 Å². The van der Waals surface area contributed by atoms with Crippen molar-refractivity contribution in [3.63, 3.8) is 0 Å². The van der Waals surface area contributed by atoms with Crippen molar-refractivity contribution in [2.24, 2.45) is 0 Å². The van der Waals surface area contributed by atoms with Gasteiger partial charge in [-0.05, 0) is 30.2 Å². The summed E-state index contributed by atoms with van der Waals surface area (Å²) in [5.41, 5.74) is 1.58. The van der Waals surface area contributed by atoms with E-state index in [1.54, 1.807) is 6.07 Å². The Balaban J connectivity index is 1.94. The van der Waals surface area contributed by atoms with Crippen LogP contribution in [-0.2, 0) is 6.42 Å². The molecule has 0 aliphatic carbocycles. The average molecular weight is 286 g/mol. The number of hydrogen-bond donors (Lipinski definition) is 0. The van der Waals surface area contributed by atoms with Crippen molar-refractivity contribution >= 4 is 16.8 Å². The molecule has 3 rings (SSSR count). The second kappa shape index (κ2) is 5.13. The third-order valence-electron chi connectivity index (χ3n) is 3.40. The van der Waals surface area contributed by atoms with Gasteiger partial charge in [-0.1, -0.05) is 30.3 Å². The van der Waals surface area contributed by atoms with E-state index in [9.17, 15) is 13.6 Å². The van der Waals surface area contributed by atoms with Gasteiger partial charge in [-0.2, -0.15) is 0 Å². The second-order valence-corrected chi connectivity index (χ2v) is 4.92. The van der Waals surface area contributed by atoms with Crippen LogP contribution in [0.15, 0.2) is 46.9 Å². The van der Waals surface area contributed by atoms with E-state index in [1.807, 2.05) is 25.1 Å². The lowest BCUT2D eigenvalue weighted by Crippen LogP contribution is -2.05. The average Bonchev–Trinajstić information content (AvgIpc) is 2.89. The largest absolute Gasteiger partial charge is 0.453 e. The van der Waals surface area contributed by atoms with Crippen molar-refractivity contribution in [1.82, 2.24) is 0 Å². The first-order chi connectivity index (χ1) is 10.1. The van der Waals surface area contributed by atoms with Crippen LogP contribution in [0.2, 0.25) is 0 Å². The number of para-hydroxylation sites is 1. The van der Waals surface area contributed by atoms with Gasteiger partial charge in [0.2, 0.25) is 5.78 Å². The molecule has 4 heteroatoms. The number of rotatable bonds is 3. The molecule has 3 aromatic rings. The van der Waals surface area contributed by atoms with Crippen molar-refractivity contribution < 1.29 is 18.0 Å². The van der Waals surface area contributed by atoms with E-state index in [1.165, 1.54) is 12.1 Å². The number of benzene rings is 2. The molecule has 0 fully saturated rings. The van der Waals surface area contributed by atoms with E-state index >= 15 is 0 Å². The first-order valence-corrected chi connectivity index (χ1v) is 6.51. The monoisotopic (exact) mass is 286 g/mol. The Hall–Kier alpha value is -2.49. The van der Waals surface area contributed by atoms with Gasteiger partial charge < -0.3 is 4.42 Å². The number of hydrogen-bond acceptors (Lipinski definition) is 2. The Labute approximate surface area is 120 Å². The third kappa shape index (κ3) is 2.44. The number of aryl methyl sites for hydroxylation is 1. The quantitative estimate of drug-likeness (QED) is 0.666. The summed E-state index contributed by atoms with van der Waals surface area (Å²) in [5.74, 6) is -2.17. The highest BCUT2D eigenvalue weighted by Crippen LogP contribution is 2.24. The molecule has 0 aliphatic rings. The highest BCUT2D eigenvalue weighted by Gasteiger charge is 2.17. The van der Waals surface area contributed by atoms with Crippen LogP contribution in [-0.4, -0.2) is 5.78 Å². The maximum absolute atomic E-state index is 13.6. The van der Waals surface area contributed by atoms with Crippen molar-refractivity contribution in [3.8, 4) is 0 Å². The van der Waals surface area contributed by atoms with Crippen LogP contribution in [0.4, 0.5) is 8.78 Å². The lowest BCUT2D eigenvalue weighted by molar-refractivity contribution is 0.0967. The number of carbonyl (C=O) groups excluding carboxylic acids is 1. The summed E-state index contributed by atoms with van der Waals surface area (Å²) in [4.78, 5) is 12.2. The van der Waals surface area contributed by atoms with Crippen molar-refractivity contribution in [2.75, 3.05) is 0 Å². The van der Waals surface area contributed by atoms with Gasteiger partial charge in [-0.3, -0.25) is 4.79 Å². The molecule has 0 spiro atoms. The molecule has 0 aliphatic heterocycles. The summed E-state index contributed by atoms with van der Waals surface area (Å²) in [5, 5.41) is 0.818. The molecular weight excluding hydrogens is 274 g/mol. The first-order valence-electron chi connectivity index (χ1n) is 6.51. The van der Waals surface area contributed by atoms with Crippen molar-refractivity contribution in [1.29, 1.82) is 0 Å². The third-order valence-corrected chi connectivity index (χ3v) is 3.40. The summed E-state index contributed by atoms with van der Waals surface area (Å²) in [6, 6.07) is 11.0. The molecule has 0 N–H and O–H groups in total. The number of furan rings is 1. The van der Waals surface area contributed by atoms with E-state index in [0.717, 1.165) is 17.0 Å². The molecule has 21 heavy (non-hydrogen) atoms. The number of Topliss-reactive ketones (excluding diaryl/α,β-unsaturated/α-hetero) is 1. The molecule has 0 radical (unpaired) electrons. The van der Waals surface area contributed by atoms with Gasteiger partial charge in [0.25, 0.3) is 0 Å². The van der Waals surface area contributed by atoms with Crippen LogP contribution in [0.1, 0.15) is 21.7 Å². The van der Waals surface area contributed by atoms with Gasteiger partial charge in [0.1, 0.15) is 5.58 Å². The highest BCUT2D eigenvalue weighted by molar-refractivity contribution is 5.99. The van der Waals surface area contributed by atoms with Crippen LogP contribution in [0.3, 0.4) is 0 Å². The molecule has 2 nitrogen and oxygen atoms in total. The van der Waals surface area contributed by atoms with Crippen molar-refractivity contribution in [2.45, 2.75) is 13.3 Å². The number of carbonyl (C=O) groups is 1. The van der Waals surface area contributed by atoms with E-state index in [2.05, 4.69) is 0 Å². The Kier molecular flexibility index (Phi) is 3.29. The Bertz CT molecular complexity index is 834. The fourth-order valence-electron chi connectivity index (χ4n) is 2.29. The van der Waals surface area contributed by atoms with Gasteiger partial charge in [-0.25, -0.2) is 8.78 Å².